The Morgan fingerprint density at radius 1 is 1.61 bits per heavy atom. The number of hydrogen-bond donors (Lipinski definition) is 1. The molecular weight excluding hydrogens is 232 g/mol. The highest BCUT2D eigenvalue weighted by atomic mass is 16.5. The molecule has 1 aliphatic rings. The van der Waals surface area contributed by atoms with Crippen LogP contribution in [0.25, 0.3) is 0 Å². The zero-order valence-corrected chi connectivity index (χ0v) is 10.9. The molecule has 0 spiro atoms. The summed E-state index contributed by atoms with van der Waals surface area (Å²) in [6, 6.07) is 3.22. The van der Waals surface area contributed by atoms with Crippen molar-refractivity contribution in [1.29, 1.82) is 0 Å². The maximum absolute atomic E-state index is 11.2. The van der Waals surface area contributed by atoms with Crippen LogP contribution < -0.4 is 4.90 Å². The van der Waals surface area contributed by atoms with Gasteiger partial charge in [-0.3, -0.25) is 0 Å². The molecule has 5 heteroatoms. The van der Waals surface area contributed by atoms with Crippen LogP contribution in [0.4, 0.5) is 5.82 Å². The van der Waals surface area contributed by atoms with Crippen molar-refractivity contribution in [3.8, 4) is 0 Å². The maximum Gasteiger partial charge on any atom is 0.339 e. The van der Waals surface area contributed by atoms with E-state index < -0.39 is 5.97 Å². The summed E-state index contributed by atoms with van der Waals surface area (Å²) in [6.45, 7) is 7.27. The van der Waals surface area contributed by atoms with Crippen LogP contribution in [0, 0.1) is 0 Å². The third kappa shape index (κ3) is 2.61. The summed E-state index contributed by atoms with van der Waals surface area (Å²) < 4.78 is 5.81. The number of morpholine rings is 1. The highest BCUT2D eigenvalue weighted by molar-refractivity contribution is 5.93. The number of carbonyl (C=O) groups is 1. The molecule has 0 saturated carbocycles. The van der Waals surface area contributed by atoms with Crippen LogP contribution in [0.1, 0.15) is 31.1 Å². The van der Waals surface area contributed by atoms with Gasteiger partial charge in [0.05, 0.1) is 11.7 Å². The summed E-state index contributed by atoms with van der Waals surface area (Å²) in [5.41, 5.74) is -0.0623. The summed E-state index contributed by atoms with van der Waals surface area (Å²) in [5.74, 6) is -0.428. The number of hydrogen-bond acceptors (Lipinski definition) is 4. The maximum atomic E-state index is 11.2. The molecule has 0 bridgehead atoms. The average molecular weight is 250 g/mol. The summed E-state index contributed by atoms with van der Waals surface area (Å²) in [4.78, 5) is 17.4. The van der Waals surface area contributed by atoms with E-state index in [-0.39, 0.29) is 17.3 Å². The van der Waals surface area contributed by atoms with Gasteiger partial charge < -0.3 is 14.7 Å². The molecule has 0 amide bonds. The first-order valence-corrected chi connectivity index (χ1v) is 6.00. The smallest absolute Gasteiger partial charge is 0.339 e. The second-order valence-electron chi connectivity index (χ2n) is 5.25. The van der Waals surface area contributed by atoms with Crippen molar-refractivity contribution in [3.05, 3.63) is 23.9 Å². The Morgan fingerprint density at radius 3 is 2.94 bits per heavy atom. The summed E-state index contributed by atoms with van der Waals surface area (Å²) >= 11 is 0. The molecule has 1 saturated heterocycles. The second kappa shape index (κ2) is 4.57. The van der Waals surface area contributed by atoms with E-state index in [4.69, 9.17) is 4.74 Å². The first-order valence-electron chi connectivity index (χ1n) is 6.00. The molecule has 2 heterocycles. The van der Waals surface area contributed by atoms with Crippen molar-refractivity contribution < 1.29 is 14.6 Å². The third-order valence-electron chi connectivity index (χ3n) is 2.89. The molecule has 2 rings (SSSR count). The molecule has 1 aromatic heterocycles. The Hall–Kier alpha value is -1.62. The number of pyridine rings is 1. The van der Waals surface area contributed by atoms with Crippen LogP contribution in [0.5, 0.6) is 0 Å². The van der Waals surface area contributed by atoms with E-state index in [1.165, 1.54) is 0 Å². The fourth-order valence-corrected chi connectivity index (χ4v) is 2.43. The number of rotatable bonds is 2. The lowest BCUT2D eigenvalue weighted by Gasteiger charge is -2.42. The van der Waals surface area contributed by atoms with Crippen LogP contribution in [0.3, 0.4) is 0 Å². The van der Waals surface area contributed by atoms with Gasteiger partial charge in [0, 0.05) is 19.3 Å². The zero-order chi connectivity index (χ0) is 13.3. The monoisotopic (exact) mass is 250 g/mol. The third-order valence-corrected chi connectivity index (χ3v) is 2.89. The Labute approximate surface area is 106 Å². The molecule has 1 unspecified atom stereocenters. The molecule has 1 atom stereocenters. The van der Waals surface area contributed by atoms with Gasteiger partial charge in [-0.05, 0) is 32.9 Å². The molecule has 0 aromatic carbocycles. The molecule has 0 aliphatic carbocycles. The Balaban J connectivity index is 2.34. The van der Waals surface area contributed by atoms with Gasteiger partial charge in [0.15, 0.2) is 0 Å². The molecule has 1 fully saturated rings. The SMILES string of the molecule is CC1CN(c2ncccc2C(=O)O)CC(C)(C)O1. The Morgan fingerprint density at radius 2 is 2.33 bits per heavy atom. The number of aromatic nitrogens is 1. The van der Waals surface area contributed by atoms with Crippen LogP contribution >= 0.6 is 0 Å². The first-order chi connectivity index (χ1) is 8.39. The zero-order valence-electron chi connectivity index (χ0n) is 10.9. The molecule has 0 radical (unpaired) electrons. The van der Waals surface area contributed by atoms with Crippen LogP contribution in [-0.4, -0.2) is 40.9 Å². The first kappa shape index (κ1) is 12.8. The van der Waals surface area contributed by atoms with Gasteiger partial charge in [0.1, 0.15) is 11.4 Å². The second-order valence-corrected chi connectivity index (χ2v) is 5.25. The lowest BCUT2D eigenvalue weighted by molar-refractivity contribution is -0.0752. The van der Waals surface area contributed by atoms with Gasteiger partial charge in [-0.1, -0.05) is 0 Å². The van der Waals surface area contributed by atoms with Gasteiger partial charge in [-0.15, -0.1) is 0 Å². The van der Waals surface area contributed by atoms with Crippen LogP contribution in [0.15, 0.2) is 18.3 Å². The topological polar surface area (TPSA) is 62.7 Å². The van der Waals surface area contributed by atoms with Crippen molar-refractivity contribution in [3.63, 3.8) is 0 Å². The minimum absolute atomic E-state index is 0.0531. The largest absolute Gasteiger partial charge is 0.478 e. The Bertz CT molecular complexity index is 459. The normalized spacial score (nSPS) is 22.8. The number of aromatic carboxylic acids is 1. The van der Waals surface area contributed by atoms with E-state index in [0.29, 0.717) is 18.9 Å². The van der Waals surface area contributed by atoms with E-state index in [0.717, 1.165) is 0 Å². The molecule has 18 heavy (non-hydrogen) atoms. The standard InChI is InChI=1S/C13H18N2O3/c1-9-7-15(8-13(2,3)18-9)11-10(12(16)17)5-4-6-14-11/h4-6,9H,7-8H2,1-3H3,(H,16,17). The van der Waals surface area contributed by atoms with E-state index >= 15 is 0 Å². The quantitative estimate of drug-likeness (QED) is 0.867. The average Bonchev–Trinajstić information content (AvgIpc) is 2.26. The van der Waals surface area contributed by atoms with Crippen molar-refractivity contribution in [2.45, 2.75) is 32.5 Å². The minimum Gasteiger partial charge on any atom is -0.478 e. The predicted octanol–water partition coefficient (Wildman–Crippen LogP) is 1.78. The minimum atomic E-state index is -0.949. The van der Waals surface area contributed by atoms with Crippen LogP contribution in [-0.2, 0) is 4.74 Å². The van der Waals surface area contributed by atoms with Crippen molar-refractivity contribution >= 4 is 11.8 Å². The molecule has 1 N–H and O–H groups in total. The van der Waals surface area contributed by atoms with Gasteiger partial charge in [-0.2, -0.15) is 0 Å². The molecule has 5 nitrogen and oxygen atoms in total. The van der Waals surface area contributed by atoms with E-state index in [9.17, 15) is 9.90 Å². The number of carboxylic acid groups (broad SMARTS) is 1. The fourth-order valence-electron chi connectivity index (χ4n) is 2.43. The summed E-state index contributed by atoms with van der Waals surface area (Å²) in [7, 11) is 0. The lowest BCUT2D eigenvalue weighted by atomic mass is 10.0. The van der Waals surface area contributed by atoms with Gasteiger partial charge in [0.2, 0.25) is 0 Å². The fraction of sp³-hybridized carbons (Fsp3) is 0.538. The number of anilines is 1. The molecule has 1 aromatic rings. The number of ether oxygens (including phenoxy) is 1. The van der Waals surface area contributed by atoms with Gasteiger partial charge in [0.25, 0.3) is 0 Å². The van der Waals surface area contributed by atoms with Gasteiger partial charge >= 0.3 is 5.97 Å². The van der Waals surface area contributed by atoms with E-state index in [1.54, 1.807) is 18.3 Å². The van der Waals surface area contributed by atoms with E-state index in [2.05, 4.69) is 4.98 Å². The van der Waals surface area contributed by atoms with Crippen LogP contribution in [0.2, 0.25) is 0 Å². The Kier molecular flexibility index (Phi) is 3.26. The summed E-state index contributed by atoms with van der Waals surface area (Å²) in [6.07, 6.45) is 1.67. The molecule has 1 aliphatic heterocycles. The highest BCUT2D eigenvalue weighted by Crippen LogP contribution is 2.26. The predicted molar refractivity (Wildman–Crippen MR) is 68.0 cm³/mol. The van der Waals surface area contributed by atoms with Crippen molar-refractivity contribution in [1.82, 2.24) is 4.98 Å². The number of nitrogens with zero attached hydrogens (tertiary/aromatic N) is 2. The van der Waals surface area contributed by atoms with E-state index in [1.807, 2.05) is 25.7 Å². The number of carboxylic acids is 1. The highest BCUT2D eigenvalue weighted by Gasteiger charge is 2.33. The summed E-state index contributed by atoms with van der Waals surface area (Å²) in [5, 5.41) is 9.19. The lowest BCUT2D eigenvalue weighted by Crippen LogP contribution is -2.52. The van der Waals surface area contributed by atoms with Crippen molar-refractivity contribution in [2.24, 2.45) is 0 Å². The molecular formula is C13H18N2O3. The van der Waals surface area contributed by atoms with Crippen molar-refractivity contribution in [2.75, 3.05) is 18.0 Å². The molecule has 98 valence electrons. The van der Waals surface area contributed by atoms with Gasteiger partial charge in [-0.25, -0.2) is 9.78 Å².